The number of nitrogens with one attached hydrogen (secondary N) is 3. The Kier molecular flexibility index (Phi) is 6.29. The molecule has 0 atom stereocenters. The predicted molar refractivity (Wildman–Crippen MR) is 134 cm³/mol. The fourth-order valence-electron chi connectivity index (χ4n) is 4.11. The molecule has 3 N–H and O–H groups in total. The van der Waals surface area contributed by atoms with Crippen molar-refractivity contribution in [3.8, 4) is 0 Å². The van der Waals surface area contributed by atoms with Gasteiger partial charge in [-0.15, -0.1) is 0 Å². The molecule has 3 aromatic rings. The summed E-state index contributed by atoms with van der Waals surface area (Å²) in [6.45, 7) is 4.28. The largest absolute Gasteiger partial charge is 0.349 e. The van der Waals surface area contributed by atoms with Gasteiger partial charge >= 0.3 is 0 Å². The summed E-state index contributed by atoms with van der Waals surface area (Å²) in [5.41, 5.74) is 1.03. The number of benzene rings is 1. The third-order valence-electron chi connectivity index (χ3n) is 6.29. The van der Waals surface area contributed by atoms with Gasteiger partial charge in [0.25, 0.3) is 5.91 Å². The summed E-state index contributed by atoms with van der Waals surface area (Å²) in [5, 5.41) is 9.03. The van der Waals surface area contributed by atoms with Crippen molar-refractivity contribution in [1.82, 2.24) is 25.2 Å². The Labute approximate surface area is 208 Å². The molecule has 188 valence electrons. The maximum Gasteiger partial charge on any atom is 0.256 e. The van der Waals surface area contributed by atoms with E-state index in [-0.39, 0.29) is 40.8 Å². The number of carbonyl (C=O) groups is 1. The molecule has 1 amide bonds. The van der Waals surface area contributed by atoms with E-state index in [2.05, 4.69) is 35.8 Å². The van der Waals surface area contributed by atoms with Crippen LogP contribution in [0.5, 0.6) is 0 Å². The highest BCUT2D eigenvalue weighted by Crippen LogP contribution is 2.29. The third-order valence-corrected chi connectivity index (χ3v) is 6.29. The van der Waals surface area contributed by atoms with Crippen LogP contribution in [0.15, 0.2) is 36.5 Å². The van der Waals surface area contributed by atoms with Gasteiger partial charge in [-0.25, -0.2) is 18.7 Å². The molecule has 0 spiro atoms. The summed E-state index contributed by atoms with van der Waals surface area (Å²) in [5.74, 6) is 0.154. The summed E-state index contributed by atoms with van der Waals surface area (Å²) < 4.78 is 29.2. The van der Waals surface area contributed by atoms with Gasteiger partial charge < -0.3 is 20.9 Å². The molecule has 10 heteroatoms. The summed E-state index contributed by atoms with van der Waals surface area (Å²) in [6.07, 6.45) is 4.04. The first-order valence-electron chi connectivity index (χ1n) is 12.0. The van der Waals surface area contributed by atoms with Crippen LogP contribution in [0.25, 0.3) is 0 Å². The highest BCUT2D eigenvalue weighted by atomic mass is 19.1. The van der Waals surface area contributed by atoms with Gasteiger partial charge in [0.2, 0.25) is 5.95 Å². The lowest BCUT2D eigenvalue weighted by Crippen LogP contribution is -2.27. The smallest absolute Gasteiger partial charge is 0.256 e. The molecule has 2 aromatic heterocycles. The monoisotopic (exact) mass is 493 g/mol. The van der Waals surface area contributed by atoms with Gasteiger partial charge in [0.15, 0.2) is 0 Å². The Morgan fingerprint density at radius 1 is 1.17 bits per heavy atom. The Hall–Kier alpha value is -3.66. The molecular formula is C26H29F2N7O. The first-order chi connectivity index (χ1) is 17.2. The van der Waals surface area contributed by atoms with Gasteiger partial charge in [0.1, 0.15) is 28.7 Å². The lowest BCUT2D eigenvalue weighted by atomic mass is 9.99. The van der Waals surface area contributed by atoms with Crippen LogP contribution in [0.3, 0.4) is 0 Å². The minimum atomic E-state index is -1.63. The number of anilines is 4. The second kappa shape index (κ2) is 9.42. The highest BCUT2D eigenvalue weighted by Gasteiger charge is 2.26. The molecule has 5 rings (SSSR count). The Balaban J connectivity index is 1.45. The van der Waals surface area contributed by atoms with Crippen LogP contribution in [0.1, 0.15) is 53.9 Å². The number of rotatable bonds is 7. The molecule has 0 saturated heterocycles. The van der Waals surface area contributed by atoms with E-state index in [0.29, 0.717) is 23.6 Å². The lowest BCUT2D eigenvalue weighted by Gasteiger charge is -2.26. The molecule has 36 heavy (non-hydrogen) atoms. The molecule has 0 unspecified atom stereocenters. The standard InChI is InChI=1S/C26H29F2N7O/c1-26(2,28)21-5-4-6-22(32-21)33-23-18(24(36)30-16-7-8-16)13-29-25(34-23)31-17-11-15-9-10-35(3)14-19(15)20(27)12-17/h4-6,11-13,16H,7-10,14H2,1-3H3,(H,30,36)(H2,29,31,32,33,34). The minimum Gasteiger partial charge on any atom is -0.349 e. The van der Waals surface area contributed by atoms with Gasteiger partial charge in [0, 0.05) is 36.6 Å². The number of carbonyl (C=O) groups excluding carboxylic acids is 1. The zero-order valence-corrected chi connectivity index (χ0v) is 20.5. The number of halogens is 2. The number of hydrogen-bond acceptors (Lipinski definition) is 7. The van der Waals surface area contributed by atoms with Crippen LogP contribution in [0, 0.1) is 5.82 Å². The Bertz CT molecular complexity index is 1300. The maximum absolute atomic E-state index is 14.8. The molecule has 1 fully saturated rings. The minimum absolute atomic E-state index is 0.148. The van der Waals surface area contributed by atoms with Crippen molar-refractivity contribution < 1.29 is 13.6 Å². The SMILES string of the molecule is CN1CCc2cc(Nc3ncc(C(=O)NC4CC4)c(Nc4cccc(C(C)(C)F)n4)n3)cc(F)c2C1. The van der Waals surface area contributed by atoms with Crippen LogP contribution in [-0.2, 0) is 18.6 Å². The second-order valence-corrected chi connectivity index (χ2v) is 9.92. The van der Waals surface area contributed by atoms with E-state index in [1.165, 1.54) is 26.1 Å². The van der Waals surface area contributed by atoms with Crippen molar-refractivity contribution in [1.29, 1.82) is 0 Å². The zero-order valence-electron chi connectivity index (χ0n) is 20.5. The first-order valence-corrected chi connectivity index (χ1v) is 12.0. The lowest BCUT2D eigenvalue weighted by molar-refractivity contribution is 0.0951. The van der Waals surface area contributed by atoms with E-state index < -0.39 is 5.67 Å². The number of likely N-dealkylation sites (N-methyl/N-ethyl adjacent to an activating group) is 1. The fourth-order valence-corrected chi connectivity index (χ4v) is 4.11. The van der Waals surface area contributed by atoms with Crippen LogP contribution < -0.4 is 16.0 Å². The highest BCUT2D eigenvalue weighted by molar-refractivity contribution is 5.99. The number of alkyl halides is 1. The number of fused-ring (bicyclic) bond motifs is 1. The Morgan fingerprint density at radius 3 is 2.72 bits per heavy atom. The topological polar surface area (TPSA) is 95.1 Å². The Morgan fingerprint density at radius 2 is 1.97 bits per heavy atom. The summed E-state index contributed by atoms with van der Waals surface area (Å²) in [6, 6.07) is 8.43. The molecule has 1 aromatic carbocycles. The van der Waals surface area contributed by atoms with Gasteiger partial charge in [-0.3, -0.25) is 4.79 Å². The number of aromatic nitrogens is 3. The van der Waals surface area contributed by atoms with E-state index >= 15 is 0 Å². The molecule has 0 bridgehead atoms. The second-order valence-electron chi connectivity index (χ2n) is 9.92. The number of nitrogens with zero attached hydrogens (tertiary/aromatic N) is 4. The van der Waals surface area contributed by atoms with E-state index in [4.69, 9.17) is 0 Å². The molecule has 3 heterocycles. The van der Waals surface area contributed by atoms with Gasteiger partial charge in [-0.1, -0.05) is 6.07 Å². The summed E-state index contributed by atoms with van der Waals surface area (Å²) in [4.78, 5) is 28.1. The van der Waals surface area contributed by atoms with Gasteiger partial charge in [-0.05, 0) is 70.0 Å². The van der Waals surface area contributed by atoms with Crippen LogP contribution in [-0.4, -0.2) is 45.4 Å². The molecule has 0 radical (unpaired) electrons. The molecule has 1 aliphatic heterocycles. The van der Waals surface area contributed by atoms with Crippen molar-refractivity contribution >= 4 is 29.2 Å². The summed E-state index contributed by atoms with van der Waals surface area (Å²) in [7, 11) is 1.97. The van der Waals surface area contributed by atoms with Crippen molar-refractivity contribution in [2.75, 3.05) is 24.2 Å². The van der Waals surface area contributed by atoms with E-state index in [9.17, 15) is 13.6 Å². The molecule has 8 nitrogen and oxygen atoms in total. The fraction of sp³-hybridized carbons (Fsp3) is 0.385. The van der Waals surface area contributed by atoms with Crippen molar-refractivity contribution in [2.45, 2.75) is 51.4 Å². The van der Waals surface area contributed by atoms with Crippen molar-refractivity contribution in [3.63, 3.8) is 0 Å². The molecule has 2 aliphatic rings. The van der Waals surface area contributed by atoms with E-state index in [1.807, 2.05) is 13.1 Å². The molecule has 1 saturated carbocycles. The van der Waals surface area contributed by atoms with Crippen LogP contribution in [0.2, 0.25) is 0 Å². The van der Waals surface area contributed by atoms with Gasteiger partial charge in [0.05, 0.1) is 5.69 Å². The quantitative estimate of drug-likeness (QED) is 0.443. The average Bonchev–Trinajstić information content (AvgIpc) is 3.63. The maximum atomic E-state index is 14.8. The van der Waals surface area contributed by atoms with Crippen LogP contribution in [0.4, 0.5) is 32.1 Å². The third kappa shape index (κ3) is 5.43. The molecular weight excluding hydrogens is 464 g/mol. The van der Waals surface area contributed by atoms with Gasteiger partial charge in [-0.2, -0.15) is 4.98 Å². The normalized spacial score (nSPS) is 15.8. The van der Waals surface area contributed by atoms with Crippen LogP contribution >= 0.6 is 0 Å². The first kappa shape index (κ1) is 24.1. The number of amides is 1. The zero-order chi connectivity index (χ0) is 25.4. The van der Waals surface area contributed by atoms with Crippen molar-refractivity contribution in [2.24, 2.45) is 0 Å². The average molecular weight is 494 g/mol. The van der Waals surface area contributed by atoms with E-state index in [0.717, 1.165) is 31.4 Å². The summed E-state index contributed by atoms with van der Waals surface area (Å²) >= 11 is 0. The number of pyridine rings is 1. The predicted octanol–water partition coefficient (Wildman–Crippen LogP) is 4.58. The van der Waals surface area contributed by atoms with E-state index in [1.54, 1.807) is 18.2 Å². The van der Waals surface area contributed by atoms with Crippen molar-refractivity contribution in [3.05, 3.63) is 64.7 Å². The molecule has 1 aliphatic carbocycles. The number of hydrogen-bond donors (Lipinski definition) is 3.